The molecule has 1 atom stereocenters. The summed E-state index contributed by atoms with van der Waals surface area (Å²) in [5.41, 5.74) is 0.0554. The Labute approximate surface area is 145 Å². The molecule has 138 valence electrons. The molecule has 3 fully saturated rings. The van der Waals surface area contributed by atoms with Gasteiger partial charge in [-0.1, -0.05) is 0 Å². The van der Waals surface area contributed by atoms with Gasteiger partial charge in [-0.25, -0.2) is 9.59 Å². The molecule has 3 aliphatic rings. The maximum atomic E-state index is 11.2. The molecule has 8 nitrogen and oxygen atoms in total. The van der Waals surface area contributed by atoms with Gasteiger partial charge in [0.05, 0.1) is 14.2 Å². The largest absolute Gasteiger partial charge is 0.497 e. The van der Waals surface area contributed by atoms with E-state index in [0.29, 0.717) is 12.5 Å². The molecule has 8 heteroatoms. The zero-order valence-electron chi connectivity index (χ0n) is 14.3. The molecule has 3 saturated heterocycles. The molecule has 0 radical (unpaired) electrons. The van der Waals surface area contributed by atoms with Crippen molar-refractivity contribution < 1.29 is 34.4 Å². The van der Waals surface area contributed by atoms with Gasteiger partial charge in [0.15, 0.2) is 0 Å². The number of hydrogen-bond donors (Lipinski definition) is 3. The molecular formula is C17H23NO7. The summed E-state index contributed by atoms with van der Waals surface area (Å²) in [6, 6.07) is 5.66. The van der Waals surface area contributed by atoms with Crippen LogP contribution in [0.4, 0.5) is 0 Å². The van der Waals surface area contributed by atoms with E-state index >= 15 is 0 Å². The van der Waals surface area contributed by atoms with Crippen LogP contribution >= 0.6 is 0 Å². The standard InChI is InChI=1S/C15H21NO3.C2H2O4/c1-18-12-3-4-14(19-2)13(9-12)15(17)10-16-7-5-11(15)6-8-16;3-1(4)2(5)6/h3-4,9,11,17H,5-8,10H2,1-2H3;(H,3,4)(H,5,6). The first-order valence-corrected chi connectivity index (χ1v) is 7.95. The molecule has 0 spiro atoms. The fourth-order valence-electron chi connectivity index (χ4n) is 3.50. The minimum Gasteiger partial charge on any atom is -0.497 e. The molecule has 4 rings (SSSR count). The third-order valence-electron chi connectivity index (χ3n) is 4.78. The number of hydrogen-bond acceptors (Lipinski definition) is 6. The predicted molar refractivity (Wildman–Crippen MR) is 87.9 cm³/mol. The highest BCUT2D eigenvalue weighted by Crippen LogP contribution is 2.46. The van der Waals surface area contributed by atoms with Crippen molar-refractivity contribution in [1.82, 2.24) is 4.90 Å². The maximum absolute atomic E-state index is 11.2. The zero-order valence-corrected chi connectivity index (χ0v) is 14.3. The van der Waals surface area contributed by atoms with Gasteiger partial charge in [-0.3, -0.25) is 0 Å². The molecule has 0 aromatic heterocycles. The first-order chi connectivity index (χ1) is 11.8. The van der Waals surface area contributed by atoms with Crippen molar-refractivity contribution in [2.75, 3.05) is 33.9 Å². The topological polar surface area (TPSA) is 117 Å². The summed E-state index contributed by atoms with van der Waals surface area (Å²) < 4.78 is 10.7. The van der Waals surface area contributed by atoms with E-state index in [4.69, 9.17) is 29.3 Å². The molecule has 2 bridgehead atoms. The lowest BCUT2D eigenvalue weighted by atomic mass is 9.71. The van der Waals surface area contributed by atoms with E-state index in [9.17, 15) is 5.11 Å². The van der Waals surface area contributed by atoms with Crippen LogP contribution in [0.1, 0.15) is 18.4 Å². The third-order valence-corrected chi connectivity index (χ3v) is 4.78. The van der Waals surface area contributed by atoms with Crippen LogP contribution in [0.2, 0.25) is 0 Å². The van der Waals surface area contributed by atoms with Gasteiger partial charge in [0, 0.05) is 12.1 Å². The van der Waals surface area contributed by atoms with Gasteiger partial charge in [-0.2, -0.15) is 0 Å². The number of fused-ring (bicyclic) bond motifs is 3. The summed E-state index contributed by atoms with van der Waals surface area (Å²) in [7, 11) is 3.29. The molecule has 1 unspecified atom stereocenters. The molecule has 3 heterocycles. The lowest BCUT2D eigenvalue weighted by Gasteiger charge is -2.50. The molecular weight excluding hydrogens is 330 g/mol. The second-order valence-corrected chi connectivity index (χ2v) is 6.15. The average molecular weight is 353 g/mol. The number of carboxylic acids is 2. The Bertz CT molecular complexity index is 628. The van der Waals surface area contributed by atoms with Crippen LogP contribution in [0.25, 0.3) is 0 Å². The normalized spacial score (nSPS) is 27.0. The Balaban J connectivity index is 0.000000326. The number of nitrogens with zero attached hydrogens (tertiary/aromatic N) is 1. The van der Waals surface area contributed by atoms with Gasteiger partial charge in [0.2, 0.25) is 0 Å². The van der Waals surface area contributed by atoms with Crippen LogP contribution in [0.5, 0.6) is 11.5 Å². The number of carboxylic acid groups (broad SMARTS) is 2. The van der Waals surface area contributed by atoms with Crippen molar-refractivity contribution in [2.45, 2.75) is 18.4 Å². The monoisotopic (exact) mass is 353 g/mol. The SMILES string of the molecule is COc1ccc(OC)c(C2(O)CN3CCC2CC3)c1.O=C(O)C(=O)O. The molecule has 0 amide bonds. The fourth-order valence-corrected chi connectivity index (χ4v) is 3.50. The summed E-state index contributed by atoms with van der Waals surface area (Å²) >= 11 is 0. The van der Waals surface area contributed by atoms with Crippen molar-refractivity contribution in [1.29, 1.82) is 0 Å². The van der Waals surface area contributed by atoms with E-state index in [1.165, 1.54) is 0 Å². The highest BCUT2D eigenvalue weighted by Gasteiger charge is 2.48. The number of methoxy groups -OCH3 is 2. The van der Waals surface area contributed by atoms with Crippen LogP contribution in [0, 0.1) is 5.92 Å². The first-order valence-electron chi connectivity index (χ1n) is 7.95. The lowest BCUT2D eigenvalue weighted by molar-refractivity contribution is -0.159. The molecule has 3 N–H and O–H groups in total. The second kappa shape index (κ2) is 7.71. The Morgan fingerprint density at radius 3 is 2.12 bits per heavy atom. The quantitative estimate of drug-likeness (QED) is 0.683. The number of carbonyl (C=O) groups is 2. The highest BCUT2D eigenvalue weighted by atomic mass is 16.5. The number of ether oxygens (including phenoxy) is 2. The number of rotatable bonds is 3. The predicted octanol–water partition coefficient (Wildman–Crippen LogP) is 0.773. The second-order valence-electron chi connectivity index (χ2n) is 6.15. The van der Waals surface area contributed by atoms with Crippen LogP contribution in [0.15, 0.2) is 18.2 Å². The Morgan fingerprint density at radius 2 is 1.72 bits per heavy atom. The molecule has 25 heavy (non-hydrogen) atoms. The minimum atomic E-state index is -1.82. The van der Waals surface area contributed by atoms with Gasteiger partial charge >= 0.3 is 11.9 Å². The van der Waals surface area contributed by atoms with E-state index in [-0.39, 0.29) is 0 Å². The summed E-state index contributed by atoms with van der Waals surface area (Å²) in [5.74, 6) is -1.82. The van der Waals surface area contributed by atoms with Gasteiger partial charge in [0.25, 0.3) is 0 Å². The van der Waals surface area contributed by atoms with E-state index in [1.54, 1.807) is 14.2 Å². The number of benzene rings is 1. The molecule has 1 aromatic rings. The molecule has 0 aliphatic carbocycles. The average Bonchev–Trinajstić information content (AvgIpc) is 2.62. The maximum Gasteiger partial charge on any atom is 0.414 e. The van der Waals surface area contributed by atoms with Gasteiger partial charge in [-0.05, 0) is 50.0 Å². The Morgan fingerprint density at radius 1 is 1.12 bits per heavy atom. The highest BCUT2D eigenvalue weighted by molar-refractivity contribution is 6.27. The van der Waals surface area contributed by atoms with Crippen LogP contribution in [-0.4, -0.2) is 66.0 Å². The summed E-state index contributed by atoms with van der Waals surface area (Å²) in [6.45, 7) is 2.89. The Hall–Kier alpha value is -2.32. The molecule has 0 saturated carbocycles. The van der Waals surface area contributed by atoms with Crippen molar-refractivity contribution in [3.8, 4) is 11.5 Å². The van der Waals surface area contributed by atoms with Crippen molar-refractivity contribution in [3.05, 3.63) is 23.8 Å². The van der Waals surface area contributed by atoms with E-state index in [2.05, 4.69) is 4.90 Å². The molecule has 3 aliphatic heterocycles. The van der Waals surface area contributed by atoms with Crippen molar-refractivity contribution in [3.63, 3.8) is 0 Å². The Kier molecular flexibility index (Phi) is 5.86. The van der Waals surface area contributed by atoms with Crippen LogP contribution in [-0.2, 0) is 15.2 Å². The number of piperidine rings is 3. The van der Waals surface area contributed by atoms with Crippen LogP contribution < -0.4 is 9.47 Å². The van der Waals surface area contributed by atoms with E-state index in [0.717, 1.165) is 43.0 Å². The number of aliphatic carboxylic acids is 2. The third kappa shape index (κ3) is 4.02. The number of aliphatic hydroxyl groups is 1. The van der Waals surface area contributed by atoms with Gasteiger partial charge in [-0.15, -0.1) is 0 Å². The van der Waals surface area contributed by atoms with Gasteiger partial charge in [0.1, 0.15) is 17.1 Å². The lowest BCUT2D eigenvalue weighted by Crippen LogP contribution is -2.57. The molecule has 1 aromatic carbocycles. The summed E-state index contributed by atoms with van der Waals surface area (Å²) in [4.78, 5) is 20.5. The first kappa shape index (κ1) is 19.0. The summed E-state index contributed by atoms with van der Waals surface area (Å²) in [5, 5.41) is 26.0. The van der Waals surface area contributed by atoms with Crippen LogP contribution in [0.3, 0.4) is 0 Å². The fraction of sp³-hybridized carbons (Fsp3) is 0.529. The van der Waals surface area contributed by atoms with Crippen molar-refractivity contribution in [2.24, 2.45) is 5.92 Å². The van der Waals surface area contributed by atoms with Crippen molar-refractivity contribution >= 4 is 11.9 Å². The van der Waals surface area contributed by atoms with E-state index < -0.39 is 17.5 Å². The minimum absolute atomic E-state index is 0.318. The summed E-state index contributed by atoms with van der Waals surface area (Å²) in [6.07, 6.45) is 2.10. The smallest absolute Gasteiger partial charge is 0.414 e. The van der Waals surface area contributed by atoms with E-state index in [1.807, 2.05) is 18.2 Å². The van der Waals surface area contributed by atoms with Gasteiger partial charge < -0.3 is 29.7 Å². The zero-order chi connectivity index (χ0) is 18.6.